The van der Waals surface area contributed by atoms with Crippen LogP contribution in [0.3, 0.4) is 0 Å². The van der Waals surface area contributed by atoms with E-state index in [4.69, 9.17) is 0 Å². The number of fused-ring (bicyclic) bond motifs is 1. The van der Waals surface area contributed by atoms with E-state index < -0.39 is 0 Å². The van der Waals surface area contributed by atoms with Gasteiger partial charge in [0.05, 0.1) is 23.1 Å². The second-order valence-corrected chi connectivity index (χ2v) is 6.40. The summed E-state index contributed by atoms with van der Waals surface area (Å²) in [7, 11) is 0. The van der Waals surface area contributed by atoms with Crippen molar-refractivity contribution in [2.24, 2.45) is 0 Å². The van der Waals surface area contributed by atoms with Gasteiger partial charge in [-0.25, -0.2) is 4.98 Å². The molecule has 2 aromatic carbocycles. The van der Waals surface area contributed by atoms with Gasteiger partial charge in [-0.1, -0.05) is 30.3 Å². The van der Waals surface area contributed by atoms with Gasteiger partial charge in [-0.3, -0.25) is 4.79 Å². The van der Waals surface area contributed by atoms with Crippen LogP contribution < -0.4 is 10.2 Å². The maximum atomic E-state index is 12.9. The number of nitrogens with zero attached hydrogens (tertiary/aromatic N) is 3. The van der Waals surface area contributed by atoms with Crippen molar-refractivity contribution in [2.75, 3.05) is 16.8 Å². The van der Waals surface area contributed by atoms with Gasteiger partial charge in [0.2, 0.25) is 0 Å². The number of para-hydroxylation sites is 2. The van der Waals surface area contributed by atoms with Gasteiger partial charge in [0.25, 0.3) is 5.91 Å². The average Bonchev–Trinajstić information content (AvgIpc) is 2.74. The lowest BCUT2D eigenvalue weighted by Crippen LogP contribution is -2.35. The Bertz CT molecular complexity index is 1020. The standard InChI is InChI=1S/C22H18N4O/c23-14-17-7-1-3-9-19(17)25-18-11-12-20(24-15-18)22(27)26-13-5-8-16-6-2-4-10-21(16)26/h1-4,6-7,9-12,15,25H,5,8,13H2. The Morgan fingerprint density at radius 1 is 1.07 bits per heavy atom. The minimum absolute atomic E-state index is 0.0916. The second kappa shape index (κ2) is 7.30. The summed E-state index contributed by atoms with van der Waals surface area (Å²) in [6.07, 6.45) is 3.57. The summed E-state index contributed by atoms with van der Waals surface area (Å²) in [4.78, 5) is 19.1. The highest BCUT2D eigenvalue weighted by atomic mass is 16.2. The van der Waals surface area contributed by atoms with Crippen molar-refractivity contribution in [1.29, 1.82) is 5.26 Å². The van der Waals surface area contributed by atoms with Crippen LogP contribution in [-0.4, -0.2) is 17.4 Å². The molecule has 132 valence electrons. The topological polar surface area (TPSA) is 69.0 Å². The van der Waals surface area contributed by atoms with Crippen molar-refractivity contribution < 1.29 is 4.79 Å². The molecule has 3 aromatic rings. The molecule has 0 aliphatic carbocycles. The Hall–Kier alpha value is -3.65. The van der Waals surface area contributed by atoms with Crippen LogP contribution in [0.2, 0.25) is 0 Å². The molecule has 5 nitrogen and oxygen atoms in total. The molecule has 0 spiro atoms. The van der Waals surface area contributed by atoms with Crippen molar-refractivity contribution in [3.63, 3.8) is 0 Å². The zero-order valence-corrected chi connectivity index (χ0v) is 14.7. The Morgan fingerprint density at radius 2 is 1.89 bits per heavy atom. The van der Waals surface area contributed by atoms with Crippen LogP contribution in [0.15, 0.2) is 66.9 Å². The number of rotatable bonds is 3. The number of amides is 1. The molecule has 0 radical (unpaired) electrons. The van der Waals surface area contributed by atoms with Gasteiger partial charge in [-0.2, -0.15) is 5.26 Å². The number of carbonyl (C=O) groups excluding carboxylic acids is 1. The summed E-state index contributed by atoms with van der Waals surface area (Å²) in [6, 6.07) is 21.0. The predicted octanol–water partition coefficient (Wildman–Crippen LogP) is 4.29. The van der Waals surface area contributed by atoms with E-state index in [1.165, 1.54) is 5.56 Å². The molecule has 0 unspecified atom stereocenters. The Balaban J connectivity index is 1.55. The third-order valence-electron chi connectivity index (χ3n) is 4.66. The first-order valence-corrected chi connectivity index (χ1v) is 8.88. The van der Waals surface area contributed by atoms with Crippen LogP contribution in [0.1, 0.15) is 28.0 Å². The van der Waals surface area contributed by atoms with Gasteiger partial charge in [-0.05, 0) is 48.7 Å². The van der Waals surface area contributed by atoms with Gasteiger partial charge < -0.3 is 10.2 Å². The fourth-order valence-corrected chi connectivity index (χ4v) is 3.32. The predicted molar refractivity (Wildman–Crippen MR) is 105 cm³/mol. The van der Waals surface area contributed by atoms with Gasteiger partial charge in [0, 0.05) is 12.2 Å². The zero-order valence-electron chi connectivity index (χ0n) is 14.7. The van der Waals surface area contributed by atoms with E-state index in [2.05, 4.69) is 22.4 Å². The molecule has 27 heavy (non-hydrogen) atoms. The van der Waals surface area contributed by atoms with E-state index >= 15 is 0 Å². The van der Waals surface area contributed by atoms with E-state index in [1.54, 1.807) is 23.2 Å². The lowest BCUT2D eigenvalue weighted by Gasteiger charge is -2.29. The summed E-state index contributed by atoms with van der Waals surface area (Å²) < 4.78 is 0. The molecule has 0 bridgehead atoms. The number of nitrogens with one attached hydrogen (secondary N) is 1. The fraction of sp³-hybridized carbons (Fsp3) is 0.136. The number of hydrogen-bond donors (Lipinski definition) is 1. The maximum Gasteiger partial charge on any atom is 0.276 e. The summed E-state index contributed by atoms with van der Waals surface area (Å²) in [6.45, 7) is 0.701. The molecule has 2 heterocycles. The molecule has 4 rings (SSSR count). The minimum Gasteiger partial charge on any atom is -0.353 e. The molecule has 1 aliphatic rings. The highest BCUT2D eigenvalue weighted by Gasteiger charge is 2.23. The molecule has 0 saturated carbocycles. The minimum atomic E-state index is -0.0916. The number of nitriles is 1. The number of hydrogen-bond acceptors (Lipinski definition) is 4. The SMILES string of the molecule is N#Cc1ccccc1Nc1ccc(C(=O)N2CCCc3ccccc32)nc1. The fourth-order valence-electron chi connectivity index (χ4n) is 3.32. The monoisotopic (exact) mass is 354 g/mol. The lowest BCUT2D eigenvalue weighted by atomic mass is 10.0. The maximum absolute atomic E-state index is 12.9. The molecule has 0 atom stereocenters. The molecule has 5 heteroatoms. The third-order valence-corrected chi connectivity index (χ3v) is 4.66. The third kappa shape index (κ3) is 3.38. The Morgan fingerprint density at radius 3 is 2.70 bits per heavy atom. The van der Waals surface area contributed by atoms with Crippen LogP contribution in [0.5, 0.6) is 0 Å². The number of carbonyl (C=O) groups is 1. The molecule has 0 fully saturated rings. The van der Waals surface area contributed by atoms with Crippen LogP contribution >= 0.6 is 0 Å². The van der Waals surface area contributed by atoms with Crippen LogP contribution in [-0.2, 0) is 6.42 Å². The number of aromatic nitrogens is 1. The first-order valence-electron chi connectivity index (χ1n) is 8.88. The summed E-state index contributed by atoms with van der Waals surface area (Å²) in [5, 5.41) is 12.4. The first-order chi connectivity index (χ1) is 13.3. The largest absolute Gasteiger partial charge is 0.353 e. The van der Waals surface area contributed by atoms with Gasteiger partial charge >= 0.3 is 0 Å². The van der Waals surface area contributed by atoms with Gasteiger partial charge in [0.1, 0.15) is 11.8 Å². The van der Waals surface area contributed by atoms with Crippen molar-refractivity contribution in [1.82, 2.24) is 4.98 Å². The Kier molecular flexibility index (Phi) is 4.54. The molecule has 1 aliphatic heterocycles. The lowest BCUT2D eigenvalue weighted by molar-refractivity contribution is 0.0980. The number of benzene rings is 2. The number of pyridine rings is 1. The number of aryl methyl sites for hydroxylation is 1. The first kappa shape index (κ1) is 16.8. The summed E-state index contributed by atoms with van der Waals surface area (Å²) in [5.41, 5.74) is 4.58. The summed E-state index contributed by atoms with van der Waals surface area (Å²) >= 11 is 0. The smallest absolute Gasteiger partial charge is 0.276 e. The van der Waals surface area contributed by atoms with Crippen molar-refractivity contribution in [2.45, 2.75) is 12.8 Å². The van der Waals surface area contributed by atoms with Crippen molar-refractivity contribution in [3.8, 4) is 6.07 Å². The molecule has 0 saturated heterocycles. The van der Waals surface area contributed by atoms with Crippen LogP contribution in [0.25, 0.3) is 0 Å². The van der Waals surface area contributed by atoms with Crippen LogP contribution in [0, 0.1) is 11.3 Å². The van der Waals surface area contributed by atoms with E-state index in [1.807, 2.05) is 42.5 Å². The van der Waals surface area contributed by atoms with Crippen molar-refractivity contribution >= 4 is 23.0 Å². The average molecular weight is 354 g/mol. The quantitative estimate of drug-likeness (QED) is 0.762. The second-order valence-electron chi connectivity index (χ2n) is 6.40. The van der Waals surface area contributed by atoms with Gasteiger partial charge in [-0.15, -0.1) is 0 Å². The molecule has 1 aromatic heterocycles. The zero-order chi connectivity index (χ0) is 18.6. The highest BCUT2D eigenvalue weighted by Crippen LogP contribution is 2.28. The Labute approximate surface area is 157 Å². The molecular weight excluding hydrogens is 336 g/mol. The van der Waals surface area contributed by atoms with Crippen molar-refractivity contribution in [3.05, 3.63) is 83.7 Å². The highest BCUT2D eigenvalue weighted by molar-refractivity contribution is 6.05. The normalized spacial score (nSPS) is 12.8. The summed E-state index contributed by atoms with van der Waals surface area (Å²) in [5.74, 6) is -0.0916. The van der Waals surface area contributed by atoms with E-state index in [-0.39, 0.29) is 5.91 Å². The molecule has 1 amide bonds. The molecule has 1 N–H and O–H groups in total. The van der Waals surface area contributed by atoms with Gasteiger partial charge in [0.15, 0.2) is 0 Å². The van der Waals surface area contributed by atoms with E-state index in [0.29, 0.717) is 23.5 Å². The van der Waals surface area contributed by atoms with E-state index in [9.17, 15) is 10.1 Å². The van der Waals surface area contributed by atoms with Crippen LogP contribution in [0.4, 0.5) is 17.1 Å². The molecular formula is C22H18N4O. The number of anilines is 3. The van der Waals surface area contributed by atoms with E-state index in [0.717, 1.165) is 24.2 Å².